The third kappa shape index (κ3) is 8.55. The third-order valence-electron chi connectivity index (χ3n) is 4.37. The molecule has 0 saturated carbocycles. The van der Waals surface area contributed by atoms with Crippen LogP contribution < -0.4 is 20.1 Å². The highest BCUT2D eigenvalue weighted by Gasteiger charge is 2.11. The molecule has 2 rings (SSSR count). The first-order valence-corrected chi connectivity index (χ1v) is 9.78. The van der Waals surface area contributed by atoms with E-state index in [1.165, 1.54) is 0 Å². The molecule has 0 fully saturated rings. The number of rotatable bonds is 9. The van der Waals surface area contributed by atoms with E-state index in [9.17, 15) is 5.11 Å². The highest BCUT2D eigenvalue weighted by molar-refractivity contribution is 14.0. The van der Waals surface area contributed by atoms with Crippen LogP contribution in [0.1, 0.15) is 45.1 Å². The summed E-state index contributed by atoms with van der Waals surface area (Å²) in [7, 11) is 0. The summed E-state index contributed by atoms with van der Waals surface area (Å²) in [6.45, 7) is 8.06. The highest BCUT2D eigenvalue weighted by Crippen LogP contribution is 2.30. The van der Waals surface area contributed by atoms with E-state index in [-0.39, 0.29) is 30.6 Å². The van der Waals surface area contributed by atoms with Crippen LogP contribution >= 0.6 is 24.0 Å². The van der Waals surface area contributed by atoms with Crippen LogP contribution in [0.4, 0.5) is 0 Å². The molecule has 27 heavy (non-hydrogen) atoms. The SMILES string of the molecule is CCCC(CCO)CNC(=NCc1ccc2c(c1)OCCCO2)NCC.I. The fraction of sp³-hybridized carbons (Fsp3) is 0.650. The Morgan fingerprint density at radius 3 is 2.63 bits per heavy atom. The molecule has 1 atom stereocenters. The molecule has 6 nitrogen and oxygen atoms in total. The average Bonchev–Trinajstić information content (AvgIpc) is 2.89. The number of halogens is 1. The van der Waals surface area contributed by atoms with Crippen LogP contribution in [0.5, 0.6) is 11.5 Å². The van der Waals surface area contributed by atoms with E-state index in [0.29, 0.717) is 25.7 Å². The van der Waals surface area contributed by atoms with Crippen molar-refractivity contribution >= 4 is 29.9 Å². The Morgan fingerprint density at radius 2 is 1.93 bits per heavy atom. The number of guanidine groups is 1. The van der Waals surface area contributed by atoms with Crippen LogP contribution in [-0.2, 0) is 6.54 Å². The maximum absolute atomic E-state index is 9.21. The molecule has 3 N–H and O–H groups in total. The molecule has 1 heterocycles. The second kappa shape index (κ2) is 13.9. The molecule has 0 radical (unpaired) electrons. The van der Waals surface area contributed by atoms with Gasteiger partial charge in [0.15, 0.2) is 17.5 Å². The second-order valence-corrected chi connectivity index (χ2v) is 6.57. The maximum atomic E-state index is 9.21. The lowest BCUT2D eigenvalue weighted by atomic mass is 10.0. The van der Waals surface area contributed by atoms with E-state index in [1.807, 2.05) is 18.2 Å². The number of ether oxygens (including phenoxy) is 2. The Labute approximate surface area is 180 Å². The Kier molecular flexibility index (Phi) is 12.2. The summed E-state index contributed by atoms with van der Waals surface area (Å²) in [5.41, 5.74) is 1.09. The summed E-state index contributed by atoms with van der Waals surface area (Å²) in [6.07, 6.45) is 3.96. The van der Waals surface area contributed by atoms with Crippen molar-refractivity contribution in [3.05, 3.63) is 23.8 Å². The average molecular weight is 491 g/mol. The van der Waals surface area contributed by atoms with Crippen molar-refractivity contribution in [2.75, 3.05) is 32.9 Å². The Morgan fingerprint density at radius 1 is 1.15 bits per heavy atom. The predicted octanol–water partition coefficient (Wildman–Crippen LogP) is 3.32. The molecule has 1 aliphatic heterocycles. The van der Waals surface area contributed by atoms with Gasteiger partial charge in [-0.1, -0.05) is 19.4 Å². The lowest BCUT2D eigenvalue weighted by molar-refractivity contribution is 0.251. The van der Waals surface area contributed by atoms with Crippen molar-refractivity contribution in [3.8, 4) is 11.5 Å². The molecule has 0 aromatic heterocycles. The molecule has 0 spiro atoms. The zero-order chi connectivity index (χ0) is 18.6. The first-order chi connectivity index (χ1) is 12.8. The number of nitrogens with zero attached hydrogens (tertiary/aromatic N) is 1. The van der Waals surface area contributed by atoms with Crippen LogP contribution in [0.25, 0.3) is 0 Å². The Hall–Kier alpha value is -1.22. The van der Waals surface area contributed by atoms with E-state index >= 15 is 0 Å². The molecule has 154 valence electrons. The minimum atomic E-state index is 0. The van der Waals surface area contributed by atoms with Crippen molar-refractivity contribution in [1.29, 1.82) is 0 Å². The molecule has 0 amide bonds. The van der Waals surface area contributed by atoms with Gasteiger partial charge in [-0.15, -0.1) is 24.0 Å². The smallest absolute Gasteiger partial charge is 0.191 e. The second-order valence-electron chi connectivity index (χ2n) is 6.57. The Balaban J connectivity index is 0.00000364. The van der Waals surface area contributed by atoms with Gasteiger partial charge < -0.3 is 25.2 Å². The molecular weight excluding hydrogens is 457 g/mol. The Bertz CT molecular complexity index is 563. The number of aliphatic imine (C=N–C) groups is 1. The van der Waals surface area contributed by atoms with Gasteiger partial charge in [0.25, 0.3) is 0 Å². The number of nitrogens with one attached hydrogen (secondary N) is 2. The monoisotopic (exact) mass is 491 g/mol. The van der Waals surface area contributed by atoms with Crippen molar-refractivity contribution in [1.82, 2.24) is 10.6 Å². The maximum Gasteiger partial charge on any atom is 0.191 e. The fourth-order valence-electron chi connectivity index (χ4n) is 3.00. The third-order valence-corrected chi connectivity index (χ3v) is 4.37. The molecule has 0 aliphatic carbocycles. The molecule has 1 aromatic rings. The number of benzene rings is 1. The van der Waals surface area contributed by atoms with Crippen molar-refractivity contribution in [2.45, 2.75) is 46.1 Å². The predicted molar refractivity (Wildman–Crippen MR) is 120 cm³/mol. The van der Waals surface area contributed by atoms with Gasteiger partial charge in [-0.3, -0.25) is 0 Å². The molecule has 1 aromatic carbocycles. The highest BCUT2D eigenvalue weighted by atomic mass is 127. The van der Waals surface area contributed by atoms with Crippen molar-refractivity contribution < 1.29 is 14.6 Å². The number of aliphatic hydroxyl groups excluding tert-OH is 1. The quantitative estimate of drug-likeness (QED) is 0.281. The summed E-state index contributed by atoms with van der Waals surface area (Å²) < 4.78 is 11.4. The first-order valence-electron chi connectivity index (χ1n) is 9.78. The van der Waals surface area contributed by atoms with E-state index < -0.39 is 0 Å². The summed E-state index contributed by atoms with van der Waals surface area (Å²) in [6, 6.07) is 6.01. The van der Waals surface area contributed by atoms with E-state index in [0.717, 1.165) is 61.8 Å². The molecule has 1 unspecified atom stereocenters. The lowest BCUT2D eigenvalue weighted by Crippen LogP contribution is -2.40. The molecule has 0 saturated heterocycles. The van der Waals surface area contributed by atoms with Crippen molar-refractivity contribution in [3.63, 3.8) is 0 Å². The van der Waals surface area contributed by atoms with E-state index in [4.69, 9.17) is 9.47 Å². The molecule has 0 bridgehead atoms. The topological polar surface area (TPSA) is 75.1 Å². The summed E-state index contributed by atoms with van der Waals surface area (Å²) in [5, 5.41) is 15.9. The number of hydrogen-bond donors (Lipinski definition) is 3. The zero-order valence-corrected chi connectivity index (χ0v) is 18.8. The van der Waals surface area contributed by atoms with E-state index in [1.54, 1.807) is 0 Å². The van der Waals surface area contributed by atoms with E-state index in [2.05, 4.69) is 29.5 Å². The minimum Gasteiger partial charge on any atom is -0.490 e. The zero-order valence-electron chi connectivity index (χ0n) is 16.5. The molecule has 7 heteroatoms. The van der Waals surface area contributed by atoms with Crippen LogP contribution in [-0.4, -0.2) is 44.0 Å². The minimum absolute atomic E-state index is 0. The largest absolute Gasteiger partial charge is 0.490 e. The van der Waals surface area contributed by atoms with Crippen LogP contribution in [0.2, 0.25) is 0 Å². The summed E-state index contributed by atoms with van der Waals surface area (Å²) in [5.74, 6) is 2.89. The van der Waals surface area contributed by atoms with Crippen LogP contribution in [0.15, 0.2) is 23.2 Å². The van der Waals surface area contributed by atoms with Gasteiger partial charge in [-0.2, -0.15) is 0 Å². The van der Waals surface area contributed by atoms with Gasteiger partial charge in [0, 0.05) is 26.1 Å². The van der Waals surface area contributed by atoms with Gasteiger partial charge in [-0.05, 0) is 43.4 Å². The number of fused-ring (bicyclic) bond motifs is 1. The van der Waals surface area contributed by atoms with Crippen molar-refractivity contribution in [2.24, 2.45) is 10.9 Å². The number of hydrogen-bond acceptors (Lipinski definition) is 4. The molecular formula is C20H34IN3O3. The summed E-state index contributed by atoms with van der Waals surface area (Å²) in [4.78, 5) is 4.68. The van der Waals surface area contributed by atoms with Crippen LogP contribution in [0.3, 0.4) is 0 Å². The van der Waals surface area contributed by atoms with Gasteiger partial charge in [0.1, 0.15) is 0 Å². The molecule has 1 aliphatic rings. The summed E-state index contributed by atoms with van der Waals surface area (Å²) >= 11 is 0. The fourth-order valence-corrected chi connectivity index (χ4v) is 3.00. The normalized spacial score (nSPS) is 14.7. The van der Waals surface area contributed by atoms with Crippen LogP contribution in [0, 0.1) is 5.92 Å². The van der Waals surface area contributed by atoms with Gasteiger partial charge in [-0.25, -0.2) is 4.99 Å². The first kappa shape index (κ1) is 23.8. The number of aliphatic hydroxyl groups is 1. The van der Waals surface area contributed by atoms with Gasteiger partial charge in [0.2, 0.25) is 0 Å². The standard InChI is InChI=1S/C20H33N3O3.HI/c1-3-6-16(9-10-24)14-22-20(21-4-2)23-15-17-7-8-18-19(13-17)26-12-5-11-25-18;/h7-8,13,16,24H,3-6,9-12,14-15H2,1-2H3,(H2,21,22,23);1H. The van der Waals surface area contributed by atoms with Gasteiger partial charge >= 0.3 is 0 Å². The lowest BCUT2D eigenvalue weighted by Gasteiger charge is -2.18. The van der Waals surface area contributed by atoms with Gasteiger partial charge in [0.05, 0.1) is 19.8 Å².